The van der Waals surface area contributed by atoms with Crippen molar-refractivity contribution in [2.24, 2.45) is 0 Å². The molecule has 0 atom stereocenters. The number of ether oxygens (including phenoxy) is 1. The third-order valence-electron chi connectivity index (χ3n) is 3.03. The molecule has 1 aromatic carbocycles. The number of rotatable bonds is 3. The molecule has 0 saturated carbocycles. The maximum atomic E-state index is 11.2. The van der Waals surface area contributed by atoms with Crippen LogP contribution >= 0.6 is 11.3 Å². The fraction of sp³-hybridized carbons (Fsp3) is 0.214. The molecule has 0 radical (unpaired) electrons. The molecule has 0 aliphatic carbocycles. The zero-order valence-electron chi connectivity index (χ0n) is 10.5. The Morgan fingerprint density at radius 2 is 1.94 bits per heavy atom. The second kappa shape index (κ2) is 4.82. The van der Waals surface area contributed by atoms with E-state index in [4.69, 9.17) is 4.74 Å². The third kappa shape index (κ3) is 1.99. The first-order valence-corrected chi connectivity index (χ1v) is 6.39. The maximum Gasteiger partial charge on any atom is 0.346 e. The minimum Gasteiger partial charge on any atom is -0.496 e. The van der Waals surface area contributed by atoms with Crippen molar-refractivity contribution in [2.75, 3.05) is 7.11 Å². The number of hydrogen-bond acceptors (Lipinski definition) is 3. The molecular formula is C14H14O3S. The van der Waals surface area contributed by atoms with Crippen LogP contribution in [0.15, 0.2) is 23.6 Å². The molecule has 0 unspecified atom stereocenters. The normalized spacial score (nSPS) is 10.4. The third-order valence-corrected chi connectivity index (χ3v) is 3.93. The highest BCUT2D eigenvalue weighted by atomic mass is 32.1. The molecule has 3 nitrogen and oxygen atoms in total. The number of carboxylic acid groups (broad SMARTS) is 1. The van der Waals surface area contributed by atoms with Crippen LogP contribution in [-0.4, -0.2) is 18.2 Å². The van der Waals surface area contributed by atoms with Gasteiger partial charge in [0.15, 0.2) is 0 Å². The van der Waals surface area contributed by atoms with Gasteiger partial charge < -0.3 is 9.84 Å². The lowest BCUT2D eigenvalue weighted by atomic mass is 9.99. The second-order valence-electron chi connectivity index (χ2n) is 4.06. The molecule has 0 fully saturated rings. The first kappa shape index (κ1) is 12.6. The lowest BCUT2D eigenvalue weighted by molar-refractivity contribution is 0.0703. The van der Waals surface area contributed by atoms with Crippen molar-refractivity contribution < 1.29 is 14.6 Å². The van der Waals surface area contributed by atoms with Gasteiger partial charge in [-0.1, -0.05) is 12.1 Å². The summed E-state index contributed by atoms with van der Waals surface area (Å²) in [6.45, 7) is 3.98. The molecule has 0 aliphatic heterocycles. The number of aryl methyl sites for hydroxylation is 1. The average molecular weight is 262 g/mol. The van der Waals surface area contributed by atoms with E-state index in [1.54, 1.807) is 12.5 Å². The quantitative estimate of drug-likeness (QED) is 0.916. The van der Waals surface area contributed by atoms with Gasteiger partial charge in [0.25, 0.3) is 0 Å². The molecule has 0 amide bonds. The monoisotopic (exact) mass is 262 g/mol. The number of benzene rings is 1. The summed E-state index contributed by atoms with van der Waals surface area (Å²) in [5.41, 5.74) is 3.71. The molecule has 2 aromatic rings. The van der Waals surface area contributed by atoms with E-state index in [1.807, 2.05) is 32.0 Å². The second-order valence-corrected chi connectivity index (χ2v) is 4.97. The Balaban J connectivity index is 2.68. The molecule has 1 N–H and O–H groups in total. The van der Waals surface area contributed by atoms with E-state index >= 15 is 0 Å². The van der Waals surface area contributed by atoms with Crippen LogP contribution < -0.4 is 4.74 Å². The molecule has 94 valence electrons. The SMILES string of the molecule is COc1c(-c2ccsc2C(=O)O)ccc(C)c1C. The topological polar surface area (TPSA) is 46.5 Å². The van der Waals surface area contributed by atoms with Crippen molar-refractivity contribution >= 4 is 17.3 Å². The van der Waals surface area contributed by atoms with Gasteiger partial charge in [0.05, 0.1) is 7.11 Å². The number of aromatic carboxylic acids is 1. The van der Waals surface area contributed by atoms with Gasteiger partial charge in [-0.3, -0.25) is 0 Å². The predicted molar refractivity (Wildman–Crippen MR) is 72.7 cm³/mol. The minimum atomic E-state index is -0.903. The summed E-state index contributed by atoms with van der Waals surface area (Å²) in [6.07, 6.45) is 0. The van der Waals surface area contributed by atoms with Gasteiger partial charge in [0.1, 0.15) is 10.6 Å². The van der Waals surface area contributed by atoms with E-state index in [0.717, 1.165) is 22.4 Å². The molecule has 0 aliphatic rings. The fourth-order valence-corrected chi connectivity index (χ4v) is 2.70. The van der Waals surface area contributed by atoms with Crippen molar-refractivity contribution in [1.29, 1.82) is 0 Å². The predicted octanol–water partition coefficient (Wildman–Crippen LogP) is 3.74. The van der Waals surface area contributed by atoms with Crippen molar-refractivity contribution in [3.63, 3.8) is 0 Å². The zero-order valence-corrected chi connectivity index (χ0v) is 11.3. The average Bonchev–Trinajstić information content (AvgIpc) is 2.81. The summed E-state index contributed by atoms with van der Waals surface area (Å²) < 4.78 is 5.43. The van der Waals surface area contributed by atoms with E-state index in [-0.39, 0.29) is 0 Å². The standard InChI is InChI=1S/C14H14O3S/c1-8-4-5-10(12(17-3)9(8)2)11-6-7-18-13(11)14(15)16/h4-7H,1-3H3,(H,15,16). The van der Waals surface area contributed by atoms with Crippen LogP contribution in [-0.2, 0) is 0 Å². The van der Waals surface area contributed by atoms with Gasteiger partial charge in [0.2, 0.25) is 0 Å². The van der Waals surface area contributed by atoms with Gasteiger partial charge in [-0.2, -0.15) is 0 Å². The van der Waals surface area contributed by atoms with E-state index in [2.05, 4.69) is 0 Å². The maximum absolute atomic E-state index is 11.2. The van der Waals surface area contributed by atoms with Gasteiger partial charge in [0, 0.05) is 11.1 Å². The summed E-state index contributed by atoms with van der Waals surface area (Å²) in [5, 5.41) is 11.0. The van der Waals surface area contributed by atoms with Crippen LogP contribution in [0.2, 0.25) is 0 Å². The zero-order chi connectivity index (χ0) is 13.3. The molecule has 2 rings (SSSR count). The van der Waals surface area contributed by atoms with Crippen LogP contribution in [0, 0.1) is 13.8 Å². The van der Waals surface area contributed by atoms with Gasteiger partial charge >= 0.3 is 5.97 Å². The Morgan fingerprint density at radius 1 is 1.22 bits per heavy atom. The Hall–Kier alpha value is -1.81. The van der Waals surface area contributed by atoms with Crippen LogP contribution in [0.4, 0.5) is 0 Å². The summed E-state index contributed by atoms with van der Waals surface area (Å²) >= 11 is 1.23. The van der Waals surface area contributed by atoms with E-state index < -0.39 is 5.97 Å². The number of hydrogen-bond donors (Lipinski definition) is 1. The molecule has 0 spiro atoms. The largest absolute Gasteiger partial charge is 0.496 e. The van der Waals surface area contributed by atoms with Crippen molar-refractivity contribution in [2.45, 2.75) is 13.8 Å². The van der Waals surface area contributed by atoms with Crippen molar-refractivity contribution in [1.82, 2.24) is 0 Å². The number of carboxylic acids is 1. The van der Waals surface area contributed by atoms with Gasteiger partial charge in [-0.15, -0.1) is 11.3 Å². The highest BCUT2D eigenvalue weighted by Gasteiger charge is 2.18. The summed E-state index contributed by atoms with van der Waals surface area (Å²) in [4.78, 5) is 11.5. The van der Waals surface area contributed by atoms with Crippen LogP contribution in [0.1, 0.15) is 20.8 Å². The van der Waals surface area contributed by atoms with Crippen LogP contribution in [0.5, 0.6) is 5.75 Å². The molecule has 1 aromatic heterocycles. The van der Waals surface area contributed by atoms with Crippen molar-refractivity contribution in [3.8, 4) is 16.9 Å². The molecule has 1 heterocycles. The Labute approximate surface area is 110 Å². The first-order chi connectivity index (χ1) is 8.56. The highest BCUT2D eigenvalue weighted by molar-refractivity contribution is 7.12. The number of carbonyl (C=O) groups is 1. The van der Waals surface area contributed by atoms with Gasteiger partial charge in [-0.05, 0) is 36.4 Å². The molecule has 0 bridgehead atoms. The first-order valence-electron chi connectivity index (χ1n) is 5.51. The van der Waals surface area contributed by atoms with E-state index in [9.17, 15) is 9.90 Å². The van der Waals surface area contributed by atoms with Gasteiger partial charge in [-0.25, -0.2) is 4.79 Å². The Kier molecular flexibility index (Phi) is 3.39. The molecule has 18 heavy (non-hydrogen) atoms. The van der Waals surface area contributed by atoms with Crippen LogP contribution in [0.3, 0.4) is 0 Å². The lowest BCUT2D eigenvalue weighted by Gasteiger charge is -2.13. The minimum absolute atomic E-state index is 0.344. The number of methoxy groups -OCH3 is 1. The molecular weight excluding hydrogens is 248 g/mol. The smallest absolute Gasteiger partial charge is 0.346 e. The summed E-state index contributed by atoms with van der Waals surface area (Å²) in [5.74, 6) is -0.156. The summed E-state index contributed by atoms with van der Waals surface area (Å²) in [7, 11) is 1.61. The lowest BCUT2D eigenvalue weighted by Crippen LogP contribution is -1.98. The number of thiophene rings is 1. The Morgan fingerprint density at radius 3 is 2.56 bits per heavy atom. The van der Waals surface area contributed by atoms with Crippen LogP contribution in [0.25, 0.3) is 11.1 Å². The van der Waals surface area contributed by atoms with E-state index in [0.29, 0.717) is 10.4 Å². The fourth-order valence-electron chi connectivity index (χ4n) is 1.95. The molecule has 0 saturated heterocycles. The highest BCUT2D eigenvalue weighted by Crippen LogP contribution is 2.38. The van der Waals surface area contributed by atoms with Crippen molar-refractivity contribution in [3.05, 3.63) is 39.6 Å². The summed E-state index contributed by atoms with van der Waals surface area (Å²) in [6, 6.07) is 5.72. The van der Waals surface area contributed by atoms with E-state index in [1.165, 1.54) is 11.3 Å². The Bertz CT molecular complexity index is 599. The molecule has 4 heteroatoms.